The van der Waals surface area contributed by atoms with Crippen molar-refractivity contribution in [3.8, 4) is 17.6 Å². The Morgan fingerprint density at radius 2 is 2.05 bits per heavy atom. The molecule has 1 N–H and O–H groups in total. The third kappa shape index (κ3) is 2.96. The van der Waals surface area contributed by atoms with Crippen molar-refractivity contribution in [2.75, 3.05) is 18.5 Å². The van der Waals surface area contributed by atoms with E-state index in [0.29, 0.717) is 25.4 Å². The van der Waals surface area contributed by atoms with Gasteiger partial charge in [0, 0.05) is 18.5 Å². The summed E-state index contributed by atoms with van der Waals surface area (Å²) < 4.78 is 24.6. The first-order valence-electron chi connectivity index (χ1n) is 7.09. The summed E-state index contributed by atoms with van der Waals surface area (Å²) in [6.45, 7) is 1.72. The topological polar surface area (TPSA) is 54.3 Å². The van der Waals surface area contributed by atoms with Crippen molar-refractivity contribution in [3.05, 3.63) is 53.3 Å². The zero-order valence-corrected chi connectivity index (χ0v) is 11.9. The number of hydrogen-bond donors (Lipinski definition) is 1. The highest BCUT2D eigenvalue weighted by Gasteiger charge is 2.14. The molecule has 0 aliphatic carbocycles. The first kappa shape index (κ1) is 14.2. The number of anilines is 1. The highest BCUT2D eigenvalue weighted by molar-refractivity contribution is 5.58. The number of benzene rings is 2. The second kappa shape index (κ2) is 6.35. The Bertz CT molecular complexity index is 725. The van der Waals surface area contributed by atoms with Gasteiger partial charge in [0.25, 0.3) is 0 Å². The second-order valence-electron chi connectivity index (χ2n) is 4.95. The van der Waals surface area contributed by atoms with E-state index in [4.69, 9.17) is 14.7 Å². The van der Waals surface area contributed by atoms with Crippen LogP contribution in [0.1, 0.15) is 17.5 Å². The van der Waals surface area contributed by atoms with Crippen molar-refractivity contribution in [1.82, 2.24) is 0 Å². The van der Waals surface area contributed by atoms with Crippen LogP contribution in [0.15, 0.2) is 36.4 Å². The third-order valence-corrected chi connectivity index (χ3v) is 3.42. The molecule has 2 aromatic rings. The van der Waals surface area contributed by atoms with Gasteiger partial charge in [-0.3, -0.25) is 0 Å². The van der Waals surface area contributed by atoms with Crippen LogP contribution in [0.3, 0.4) is 0 Å². The fraction of sp³-hybridized carbons (Fsp3) is 0.235. The molecule has 0 saturated carbocycles. The van der Waals surface area contributed by atoms with Crippen LogP contribution >= 0.6 is 0 Å². The van der Waals surface area contributed by atoms with Gasteiger partial charge in [-0.2, -0.15) is 5.26 Å². The van der Waals surface area contributed by atoms with Gasteiger partial charge in [-0.25, -0.2) is 4.39 Å². The molecule has 0 fully saturated rings. The maximum Gasteiger partial charge on any atom is 0.166 e. The van der Waals surface area contributed by atoms with Crippen LogP contribution in [0, 0.1) is 17.1 Å². The smallest absolute Gasteiger partial charge is 0.166 e. The highest BCUT2D eigenvalue weighted by atomic mass is 19.1. The van der Waals surface area contributed by atoms with Gasteiger partial charge in [0.15, 0.2) is 11.5 Å². The molecule has 1 aliphatic rings. The minimum Gasteiger partial charge on any atom is -0.490 e. The number of nitrogens with one attached hydrogen (secondary N) is 1. The molecule has 3 rings (SSSR count). The van der Waals surface area contributed by atoms with Crippen LogP contribution in [0.4, 0.5) is 10.1 Å². The average molecular weight is 298 g/mol. The Hall–Kier alpha value is -2.74. The van der Waals surface area contributed by atoms with Crippen molar-refractivity contribution < 1.29 is 13.9 Å². The maximum absolute atomic E-state index is 13.2. The van der Waals surface area contributed by atoms with Gasteiger partial charge < -0.3 is 14.8 Å². The first-order chi connectivity index (χ1) is 10.8. The van der Waals surface area contributed by atoms with Crippen LogP contribution in [0.25, 0.3) is 0 Å². The number of halogens is 1. The molecule has 0 aromatic heterocycles. The fourth-order valence-corrected chi connectivity index (χ4v) is 2.35. The Morgan fingerprint density at radius 3 is 2.91 bits per heavy atom. The zero-order valence-electron chi connectivity index (χ0n) is 11.9. The summed E-state index contributed by atoms with van der Waals surface area (Å²) in [5.74, 6) is 1.04. The van der Waals surface area contributed by atoms with Crippen molar-refractivity contribution in [2.24, 2.45) is 0 Å². The molecule has 0 amide bonds. The molecule has 4 nitrogen and oxygen atoms in total. The number of nitrogens with zero attached hydrogens (tertiary/aromatic N) is 1. The molecular weight excluding hydrogens is 283 g/mol. The van der Waals surface area contributed by atoms with E-state index in [1.807, 2.05) is 24.3 Å². The summed E-state index contributed by atoms with van der Waals surface area (Å²) in [4.78, 5) is 0. The van der Waals surface area contributed by atoms with E-state index in [1.54, 1.807) is 6.07 Å². The SMILES string of the molecule is N#Cc1cc(F)ccc1NCc1cccc2c1OCCCO2. The minimum absolute atomic E-state index is 0.277. The summed E-state index contributed by atoms with van der Waals surface area (Å²) >= 11 is 0. The molecule has 0 atom stereocenters. The van der Waals surface area contributed by atoms with Crippen LogP contribution in [0.2, 0.25) is 0 Å². The van der Waals surface area contributed by atoms with Gasteiger partial charge >= 0.3 is 0 Å². The molecule has 1 heterocycles. The molecule has 1 aliphatic heterocycles. The predicted molar refractivity (Wildman–Crippen MR) is 80.5 cm³/mol. The van der Waals surface area contributed by atoms with Crippen LogP contribution in [-0.4, -0.2) is 13.2 Å². The van der Waals surface area contributed by atoms with Gasteiger partial charge in [0.05, 0.1) is 24.5 Å². The molecule has 0 radical (unpaired) electrons. The second-order valence-corrected chi connectivity index (χ2v) is 4.95. The Balaban J connectivity index is 1.82. The van der Waals surface area contributed by atoms with E-state index in [0.717, 1.165) is 23.5 Å². The minimum atomic E-state index is -0.424. The lowest BCUT2D eigenvalue weighted by Crippen LogP contribution is -2.05. The van der Waals surface area contributed by atoms with Crippen molar-refractivity contribution in [1.29, 1.82) is 5.26 Å². The number of rotatable bonds is 3. The van der Waals surface area contributed by atoms with Gasteiger partial charge in [0.2, 0.25) is 0 Å². The highest BCUT2D eigenvalue weighted by Crippen LogP contribution is 2.33. The van der Waals surface area contributed by atoms with Crippen molar-refractivity contribution >= 4 is 5.69 Å². The van der Waals surface area contributed by atoms with E-state index in [-0.39, 0.29) is 5.56 Å². The molecule has 0 spiro atoms. The van der Waals surface area contributed by atoms with E-state index in [1.165, 1.54) is 12.1 Å². The quantitative estimate of drug-likeness (QED) is 0.942. The molecule has 112 valence electrons. The maximum atomic E-state index is 13.2. The van der Waals surface area contributed by atoms with Crippen LogP contribution in [-0.2, 0) is 6.54 Å². The van der Waals surface area contributed by atoms with Crippen molar-refractivity contribution in [3.63, 3.8) is 0 Å². The number of para-hydroxylation sites is 1. The largest absolute Gasteiger partial charge is 0.490 e. The Labute approximate surface area is 128 Å². The lowest BCUT2D eigenvalue weighted by Gasteiger charge is -2.14. The van der Waals surface area contributed by atoms with E-state index in [2.05, 4.69) is 5.32 Å². The Morgan fingerprint density at radius 1 is 1.18 bits per heavy atom. The van der Waals surface area contributed by atoms with Crippen molar-refractivity contribution in [2.45, 2.75) is 13.0 Å². The molecular formula is C17H15FN2O2. The van der Waals surface area contributed by atoms with E-state index >= 15 is 0 Å². The van der Waals surface area contributed by atoms with Gasteiger partial charge in [0.1, 0.15) is 11.9 Å². The Kier molecular flexibility index (Phi) is 4.10. The molecule has 2 aromatic carbocycles. The normalized spacial score (nSPS) is 13.1. The summed E-state index contributed by atoms with van der Waals surface area (Å²) in [6, 6.07) is 11.8. The monoisotopic (exact) mass is 298 g/mol. The lowest BCUT2D eigenvalue weighted by atomic mass is 10.1. The number of ether oxygens (including phenoxy) is 2. The lowest BCUT2D eigenvalue weighted by molar-refractivity contribution is 0.296. The van der Waals surface area contributed by atoms with Crippen LogP contribution in [0.5, 0.6) is 11.5 Å². The summed E-state index contributed by atoms with van der Waals surface area (Å²) in [5.41, 5.74) is 1.81. The number of nitriles is 1. The molecule has 22 heavy (non-hydrogen) atoms. The molecule has 0 unspecified atom stereocenters. The summed E-state index contributed by atoms with van der Waals surface area (Å²) in [7, 11) is 0. The molecule has 0 bridgehead atoms. The van der Waals surface area contributed by atoms with E-state index in [9.17, 15) is 4.39 Å². The third-order valence-electron chi connectivity index (χ3n) is 3.42. The molecule has 0 saturated heterocycles. The summed E-state index contributed by atoms with van der Waals surface area (Å²) in [5, 5.41) is 12.2. The predicted octanol–water partition coefficient (Wildman–Crippen LogP) is 3.47. The molecule has 5 heteroatoms. The van der Waals surface area contributed by atoms with Gasteiger partial charge in [-0.15, -0.1) is 0 Å². The fourth-order valence-electron chi connectivity index (χ4n) is 2.35. The van der Waals surface area contributed by atoms with Gasteiger partial charge in [-0.1, -0.05) is 12.1 Å². The van der Waals surface area contributed by atoms with Crippen LogP contribution < -0.4 is 14.8 Å². The number of hydrogen-bond acceptors (Lipinski definition) is 4. The summed E-state index contributed by atoms with van der Waals surface area (Å²) in [6.07, 6.45) is 0.845. The first-order valence-corrected chi connectivity index (χ1v) is 7.09. The zero-order chi connectivity index (χ0) is 15.4. The van der Waals surface area contributed by atoms with Gasteiger partial charge in [-0.05, 0) is 24.3 Å². The average Bonchev–Trinajstić information content (AvgIpc) is 2.79. The number of fused-ring (bicyclic) bond motifs is 1. The van der Waals surface area contributed by atoms with E-state index < -0.39 is 5.82 Å². The standard InChI is InChI=1S/C17H15FN2O2/c18-14-5-6-15(13(9-14)10-19)20-11-12-3-1-4-16-17(12)22-8-2-7-21-16/h1,3-6,9,20H,2,7-8,11H2.